The first kappa shape index (κ1) is 43.6. The number of thioether (sulfide) groups is 1. The second-order valence-electron chi connectivity index (χ2n) is 16.8. The highest BCUT2D eigenvalue weighted by Gasteiger charge is 2.27. The second-order valence-corrected chi connectivity index (χ2v) is 17.9. The smallest absolute Gasteiger partial charge is 0.219 e. The molecule has 1 aromatic heterocycles. The fourth-order valence-electron chi connectivity index (χ4n) is 8.41. The van der Waals surface area contributed by atoms with Gasteiger partial charge in [0.25, 0.3) is 0 Å². The number of aryl methyl sites for hydroxylation is 1. The number of rotatable bonds is 20. The first-order valence-corrected chi connectivity index (χ1v) is 23.1. The van der Waals surface area contributed by atoms with E-state index in [1.54, 1.807) is 0 Å². The molecule has 3 heterocycles. The molecule has 2 aliphatic rings. The molecule has 0 saturated carbocycles. The molecule has 320 valence electrons. The second kappa shape index (κ2) is 20.9. The number of amides is 2. The van der Waals surface area contributed by atoms with Gasteiger partial charge in [0.05, 0.1) is 10.7 Å². The van der Waals surface area contributed by atoms with Crippen molar-refractivity contribution in [3.63, 3.8) is 0 Å². The minimum absolute atomic E-state index is 0.132. The molecule has 5 aromatic rings. The minimum atomic E-state index is 0.132. The molecule has 2 N–H and O–H groups in total. The zero-order valence-electron chi connectivity index (χ0n) is 36.9. The van der Waals surface area contributed by atoms with Gasteiger partial charge in [0, 0.05) is 136 Å². The van der Waals surface area contributed by atoms with E-state index in [1.165, 1.54) is 65.6 Å². The number of unbranched alkanes of at least 4 members (excludes halogenated alkanes) is 6. The van der Waals surface area contributed by atoms with Crippen molar-refractivity contribution < 1.29 is 14.2 Å². The molecule has 9 nitrogen and oxygen atoms in total. The molecule has 0 atom stereocenters. The highest BCUT2D eigenvalue weighted by molar-refractivity contribution is 8.04. The molecular weight excluding hydrogens is 775 g/mol. The predicted octanol–water partition coefficient (Wildman–Crippen LogP) is 9.88. The van der Waals surface area contributed by atoms with Gasteiger partial charge in [0.2, 0.25) is 22.8 Å². The Kier molecular flexibility index (Phi) is 14.9. The lowest BCUT2D eigenvalue weighted by Crippen LogP contribution is -2.36. The molecule has 0 fully saturated rings. The maximum atomic E-state index is 12.6. The van der Waals surface area contributed by atoms with Crippen molar-refractivity contribution in [3.8, 4) is 0 Å². The molecule has 0 aliphatic carbocycles. The van der Waals surface area contributed by atoms with Crippen LogP contribution in [-0.4, -0.2) is 66.7 Å². The Morgan fingerprint density at radius 2 is 1.21 bits per heavy atom. The summed E-state index contributed by atoms with van der Waals surface area (Å²) < 4.78 is 2.46. The Morgan fingerprint density at radius 1 is 0.639 bits per heavy atom. The Bertz CT molecular complexity index is 2320. The van der Waals surface area contributed by atoms with Crippen molar-refractivity contribution in [2.45, 2.75) is 82.1 Å². The van der Waals surface area contributed by atoms with E-state index < -0.39 is 0 Å². The number of pyridine rings is 1. The van der Waals surface area contributed by atoms with E-state index in [0.29, 0.717) is 25.9 Å². The number of para-hydroxylation sites is 2. The summed E-state index contributed by atoms with van der Waals surface area (Å²) in [6, 6.07) is 32.9. The third kappa shape index (κ3) is 10.9. The number of benzene rings is 4. The number of nitrogens with one attached hydrogen (secondary N) is 2. The molecule has 0 unspecified atom stereocenters. The zero-order chi connectivity index (χ0) is 42.7. The third-order valence-electron chi connectivity index (χ3n) is 11.9. The van der Waals surface area contributed by atoms with Gasteiger partial charge in [-0.15, -0.1) is 0 Å². The number of carbonyl (C=O) groups is 2. The van der Waals surface area contributed by atoms with Gasteiger partial charge in [-0.2, -0.15) is 4.57 Å². The summed E-state index contributed by atoms with van der Waals surface area (Å²) in [5, 5.41) is 9.95. The summed E-state index contributed by atoms with van der Waals surface area (Å²) in [5.74, 6) is 0.267. The number of hydrogen-bond acceptors (Lipinski definition) is 7. The molecule has 10 heteroatoms. The third-order valence-corrected chi connectivity index (χ3v) is 13.2. The first-order valence-electron chi connectivity index (χ1n) is 22.3. The van der Waals surface area contributed by atoms with Gasteiger partial charge < -0.3 is 30.2 Å². The Balaban J connectivity index is 0.742. The highest BCUT2D eigenvalue weighted by atomic mass is 32.2. The molecule has 0 bridgehead atoms. The first-order chi connectivity index (χ1) is 29.7. The van der Waals surface area contributed by atoms with Crippen LogP contribution in [0, 0.1) is 0 Å². The lowest BCUT2D eigenvalue weighted by Gasteiger charge is -2.29. The van der Waals surface area contributed by atoms with Crippen LogP contribution in [-0.2, 0) is 16.1 Å². The summed E-state index contributed by atoms with van der Waals surface area (Å²) >= 11 is 1.84. The quantitative estimate of drug-likeness (QED) is 0.0460. The predicted molar refractivity (Wildman–Crippen MR) is 258 cm³/mol. The molecule has 0 radical (unpaired) electrons. The number of anilines is 4. The van der Waals surface area contributed by atoms with E-state index in [4.69, 9.17) is 0 Å². The van der Waals surface area contributed by atoms with E-state index in [0.717, 1.165) is 70.9 Å². The van der Waals surface area contributed by atoms with Gasteiger partial charge in [0.1, 0.15) is 6.54 Å². The summed E-state index contributed by atoms with van der Waals surface area (Å²) in [7, 11) is 10.5. The number of allylic oxidation sites excluding steroid dienone is 2. The van der Waals surface area contributed by atoms with Crippen molar-refractivity contribution in [1.29, 1.82) is 0 Å². The molecule has 2 aliphatic heterocycles. The van der Waals surface area contributed by atoms with Crippen LogP contribution in [0.5, 0.6) is 0 Å². The van der Waals surface area contributed by atoms with Gasteiger partial charge >= 0.3 is 0 Å². The number of hydrogen-bond donors (Lipinski definition) is 2. The van der Waals surface area contributed by atoms with Crippen LogP contribution in [0.2, 0.25) is 0 Å². The van der Waals surface area contributed by atoms with E-state index in [-0.39, 0.29) is 11.8 Å². The van der Waals surface area contributed by atoms with Gasteiger partial charge in [0.15, 0.2) is 0 Å². The SMILES string of the molecule is CN(C)c1ccc2cc3ccc(N(C)C)cc3[n+](CCCCCC(=O)NCCCCCNC(=O)CCCCCN3C=CC(=C4Sc5ccccc5N4C)c4ccccc43)c2c1. The topological polar surface area (TPSA) is 75.0 Å². The average Bonchev–Trinajstić information content (AvgIpc) is 3.60. The van der Waals surface area contributed by atoms with Gasteiger partial charge in [-0.05, 0) is 99.6 Å². The van der Waals surface area contributed by atoms with Crippen LogP contribution < -0.4 is 34.8 Å². The molecule has 0 saturated heterocycles. The van der Waals surface area contributed by atoms with Crippen LogP contribution in [0.4, 0.5) is 22.7 Å². The van der Waals surface area contributed by atoms with E-state index in [2.05, 4.69) is 173 Å². The van der Waals surface area contributed by atoms with Crippen molar-refractivity contribution in [3.05, 3.63) is 114 Å². The average molecular weight is 839 g/mol. The largest absolute Gasteiger partial charge is 0.377 e. The minimum Gasteiger partial charge on any atom is -0.377 e. The molecule has 61 heavy (non-hydrogen) atoms. The molecular formula is C51H64N7O2S+. The van der Waals surface area contributed by atoms with Crippen LogP contribution >= 0.6 is 11.8 Å². The maximum Gasteiger partial charge on any atom is 0.219 e. The number of aromatic nitrogens is 1. The Hall–Kier alpha value is -5.48. The van der Waals surface area contributed by atoms with Crippen molar-refractivity contribution in [2.75, 3.05) is 74.5 Å². The maximum absolute atomic E-state index is 12.6. The van der Waals surface area contributed by atoms with Gasteiger partial charge in [-0.3, -0.25) is 9.59 Å². The number of carbonyl (C=O) groups excluding carboxylic acids is 2. The number of nitrogens with zero attached hydrogens (tertiary/aromatic N) is 5. The Labute approximate surface area is 367 Å². The standard InChI is InChI=1S/C51H63N7O2S/c1-54(2)40-27-25-38-35-39-26-28-41(55(3)4)37-47(39)58(46(38)36-40)33-18-7-10-24-50(60)53-31-16-8-15-30-52-49(59)23-9-6-17-32-57-34-29-43(42-19-11-12-20-44(42)57)51-56(5)45-21-13-14-22-48(45)61-51/h11-14,19-22,25-29,34-37H,6-10,15-18,23-24,30-33H2,1-5H3,(H-,52,53,59,60)/p+1. The van der Waals surface area contributed by atoms with Crippen molar-refractivity contribution in [2.24, 2.45) is 0 Å². The van der Waals surface area contributed by atoms with E-state index in [1.807, 2.05) is 11.8 Å². The lowest BCUT2D eigenvalue weighted by molar-refractivity contribution is -0.645. The van der Waals surface area contributed by atoms with E-state index in [9.17, 15) is 9.59 Å². The summed E-state index contributed by atoms with van der Waals surface area (Å²) in [6.45, 7) is 3.21. The molecule has 4 aromatic carbocycles. The van der Waals surface area contributed by atoms with Crippen molar-refractivity contribution in [1.82, 2.24) is 10.6 Å². The number of fused-ring (bicyclic) bond motifs is 4. The monoisotopic (exact) mass is 838 g/mol. The zero-order valence-corrected chi connectivity index (χ0v) is 37.7. The van der Waals surface area contributed by atoms with E-state index >= 15 is 0 Å². The van der Waals surface area contributed by atoms with Crippen LogP contribution in [0.3, 0.4) is 0 Å². The van der Waals surface area contributed by atoms with Crippen LogP contribution in [0.1, 0.15) is 76.2 Å². The van der Waals surface area contributed by atoms with Crippen LogP contribution in [0.25, 0.3) is 27.4 Å². The highest BCUT2D eigenvalue weighted by Crippen LogP contribution is 2.49. The fourth-order valence-corrected chi connectivity index (χ4v) is 9.60. The van der Waals surface area contributed by atoms with Crippen LogP contribution in [0.15, 0.2) is 113 Å². The van der Waals surface area contributed by atoms with Crippen molar-refractivity contribution >= 4 is 73.7 Å². The summed E-state index contributed by atoms with van der Waals surface area (Å²) in [4.78, 5) is 35.4. The summed E-state index contributed by atoms with van der Waals surface area (Å²) in [6.07, 6.45) is 14.2. The molecule has 0 spiro atoms. The molecule has 2 amide bonds. The molecule has 7 rings (SSSR count). The Morgan fingerprint density at radius 3 is 1.84 bits per heavy atom. The normalized spacial score (nSPS) is 14.4. The summed E-state index contributed by atoms with van der Waals surface area (Å²) in [5.41, 5.74) is 9.88. The lowest BCUT2D eigenvalue weighted by atomic mass is 10.00. The van der Waals surface area contributed by atoms with Gasteiger partial charge in [-0.1, -0.05) is 48.5 Å². The fraction of sp³-hybridized carbons (Fsp3) is 0.392. The van der Waals surface area contributed by atoms with Gasteiger partial charge in [-0.25, -0.2) is 0 Å².